The molecule has 2 aromatic carbocycles. The molecular formula is C17H17O2P3. The summed E-state index contributed by atoms with van der Waals surface area (Å²) in [5.74, 6) is 0. The highest BCUT2D eigenvalue weighted by Crippen LogP contribution is 2.27. The third kappa shape index (κ3) is 3.02. The second kappa shape index (κ2) is 6.59. The lowest BCUT2D eigenvalue weighted by Gasteiger charge is -2.08. The Morgan fingerprint density at radius 2 is 1.68 bits per heavy atom. The van der Waals surface area contributed by atoms with E-state index in [1.165, 1.54) is 5.56 Å². The quantitative estimate of drug-likeness (QED) is 0.535. The average molecular weight is 346 g/mol. The molecule has 0 N–H and O–H groups in total. The van der Waals surface area contributed by atoms with Crippen molar-refractivity contribution >= 4 is 44.0 Å². The number of hydrogen-bond acceptors (Lipinski definition) is 2. The van der Waals surface area contributed by atoms with Gasteiger partial charge in [-0.25, -0.2) is 4.79 Å². The highest BCUT2D eigenvalue weighted by atomic mass is 31.0. The highest BCUT2D eigenvalue weighted by molar-refractivity contribution is 7.27. The molecule has 3 aromatic rings. The lowest BCUT2D eigenvalue weighted by molar-refractivity contribution is 0.561. The minimum absolute atomic E-state index is 0.290. The molecule has 0 bridgehead atoms. The van der Waals surface area contributed by atoms with E-state index in [0.29, 0.717) is 11.1 Å². The molecular weight excluding hydrogens is 329 g/mol. The second-order valence-electron chi connectivity index (χ2n) is 5.15. The first-order valence-electron chi connectivity index (χ1n) is 6.98. The second-order valence-corrected chi connectivity index (χ2v) is 6.63. The summed E-state index contributed by atoms with van der Waals surface area (Å²) in [5.41, 5.74) is 4.15. The lowest BCUT2D eigenvalue weighted by atomic mass is 10.0. The Hall–Kier alpha value is -1.06. The summed E-state index contributed by atoms with van der Waals surface area (Å²) < 4.78 is 5.62. The van der Waals surface area contributed by atoms with Gasteiger partial charge >= 0.3 is 5.63 Å². The van der Waals surface area contributed by atoms with E-state index in [9.17, 15) is 4.79 Å². The molecule has 0 fully saturated rings. The molecule has 5 heteroatoms. The smallest absolute Gasteiger partial charge is 0.344 e. The van der Waals surface area contributed by atoms with E-state index in [-0.39, 0.29) is 5.63 Å². The van der Waals surface area contributed by atoms with Gasteiger partial charge in [0.05, 0.1) is 5.56 Å². The molecule has 0 aliphatic heterocycles. The Morgan fingerprint density at radius 3 is 2.32 bits per heavy atom. The van der Waals surface area contributed by atoms with Gasteiger partial charge in [-0.3, -0.25) is 0 Å². The molecule has 0 spiro atoms. The summed E-state index contributed by atoms with van der Waals surface area (Å²) >= 11 is 0. The molecule has 3 atom stereocenters. The van der Waals surface area contributed by atoms with Gasteiger partial charge in [0.1, 0.15) is 5.58 Å². The van der Waals surface area contributed by atoms with Crippen LogP contribution in [0.25, 0.3) is 22.1 Å². The summed E-state index contributed by atoms with van der Waals surface area (Å²) in [6, 6.07) is 13.9. The number of rotatable bonds is 3. The maximum Gasteiger partial charge on any atom is 0.344 e. The zero-order valence-electron chi connectivity index (χ0n) is 12.0. The average Bonchev–Trinajstić information content (AvgIpc) is 2.54. The zero-order valence-corrected chi connectivity index (χ0v) is 15.5. The van der Waals surface area contributed by atoms with Crippen molar-refractivity contribution in [3.05, 3.63) is 64.0 Å². The van der Waals surface area contributed by atoms with Crippen LogP contribution in [-0.2, 0) is 12.3 Å². The minimum atomic E-state index is -0.290. The van der Waals surface area contributed by atoms with E-state index in [2.05, 4.69) is 39.9 Å². The lowest BCUT2D eigenvalue weighted by Crippen LogP contribution is -2.04. The molecule has 3 unspecified atom stereocenters. The van der Waals surface area contributed by atoms with Crippen molar-refractivity contribution in [2.75, 3.05) is 0 Å². The predicted octanol–water partition coefficient (Wildman–Crippen LogP) is 3.71. The highest BCUT2D eigenvalue weighted by Gasteiger charge is 2.11. The van der Waals surface area contributed by atoms with Crippen molar-refractivity contribution in [1.29, 1.82) is 0 Å². The normalized spacial score (nSPS) is 11.0. The van der Waals surface area contributed by atoms with Gasteiger partial charge in [-0.2, -0.15) is 0 Å². The Bertz CT molecular complexity index is 883. The van der Waals surface area contributed by atoms with Crippen LogP contribution in [0.2, 0.25) is 0 Å². The predicted molar refractivity (Wildman–Crippen MR) is 104 cm³/mol. The van der Waals surface area contributed by atoms with Gasteiger partial charge in [-0.1, -0.05) is 30.3 Å². The van der Waals surface area contributed by atoms with E-state index in [1.54, 1.807) is 0 Å². The van der Waals surface area contributed by atoms with Crippen LogP contribution in [0.15, 0.2) is 51.7 Å². The fourth-order valence-electron chi connectivity index (χ4n) is 2.51. The molecule has 0 radical (unpaired) electrons. The van der Waals surface area contributed by atoms with Crippen molar-refractivity contribution in [3.8, 4) is 11.1 Å². The van der Waals surface area contributed by atoms with Crippen LogP contribution in [0, 0.1) is 0 Å². The van der Waals surface area contributed by atoms with Crippen LogP contribution < -0.4 is 10.9 Å². The van der Waals surface area contributed by atoms with Crippen molar-refractivity contribution in [3.63, 3.8) is 0 Å². The minimum Gasteiger partial charge on any atom is -0.422 e. The standard InChI is InChI=1S/C17H17O2P3/c18-17-15(11-1-3-14(22)4-2-11)7-12-5-10(8-20)6-13(9-21)16(12)19-17/h1-7H,8-9,20-22H2. The van der Waals surface area contributed by atoms with Gasteiger partial charge in [0.2, 0.25) is 0 Å². The molecule has 0 saturated carbocycles. The van der Waals surface area contributed by atoms with Crippen LogP contribution in [0.5, 0.6) is 0 Å². The van der Waals surface area contributed by atoms with E-state index < -0.39 is 0 Å². The van der Waals surface area contributed by atoms with Crippen LogP contribution >= 0.6 is 27.7 Å². The molecule has 1 heterocycles. The largest absolute Gasteiger partial charge is 0.422 e. The van der Waals surface area contributed by atoms with Gasteiger partial charge < -0.3 is 4.42 Å². The summed E-state index contributed by atoms with van der Waals surface area (Å²) in [7, 11) is 8.07. The van der Waals surface area contributed by atoms with Crippen LogP contribution in [0.1, 0.15) is 11.1 Å². The number of hydrogen-bond donors (Lipinski definition) is 0. The molecule has 1 aromatic heterocycles. The van der Waals surface area contributed by atoms with E-state index in [0.717, 1.165) is 34.1 Å². The van der Waals surface area contributed by atoms with Crippen molar-refractivity contribution in [1.82, 2.24) is 0 Å². The fraction of sp³-hybridized carbons (Fsp3) is 0.118. The molecule has 0 aliphatic carbocycles. The summed E-state index contributed by atoms with van der Waals surface area (Å²) in [5, 5.41) is 2.06. The number of benzene rings is 2. The molecule has 0 aliphatic rings. The fourth-order valence-corrected chi connectivity index (χ4v) is 3.24. The van der Waals surface area contributed by atoms with Gasteiger partial charge in [0, 0.05) is 5.39 Å². The Morgan fingerprint density at radius 1 is 0.955 bits per heavy atom. The van der Waals surface area contributed by atoms with E-state index >= 15 is 0 Å². The summed E-state index contributed by atoms with van der Waals surface area (Å²) in [6.45, 7) is 0. The zero-order chi connectivity index (χ0) is 15.7. The van der Waals surface area contributed by atoms with Crippen molar-refractivity contribution in [2.24, 2.45) is 0 Å². The van der Waals surface area contributed by atoms with Gasteiger partial charge in [0.15, 0.2) is 0 Å². The van der Waals surface area contributed by atoms with Gasteiger partial charge in [0.25, 0.3) is 0 Å². The monoisotopic (exact) mass is 346 g/mol. The molecule has 3 rings (SSSR count). The maximum atomic E-state index is 12.4. The van der Waals surface area contributed by atoms with E-state index in [1.807, 2.05) is 30.3 Å². The SMILES string of the molecule is O=c1oc2c(CP)cc(CP)cc2cc1-c1ccc(P)cc1. The molecule has 22 heavy (non-hydrogen) atoms. The first kappa shape index (κ1) is 15.8. The van der Waals surface area contributed by atoms with Crippen LogP contribution in [-0.4, -0.2) is 0 Å². The van der Waals surface area contributed by atoms with Gasteiger partial charge in [-0.05, 0) is 46.5 Å². The third-order valence-electron chi connectivity index (χ3n) is 3.65. The topological polar surface area (TPSA) is 30.2 Å². The van der Waals surface area contributed by atoms with Crippen LogP contribution in [0.4, 0.5) is 0 Å². The Labute approximate surface area is 136 Å². The molecule has 0 saturated heterocycles. The third-order valence-corrected chi connectivity index (χ3v) is 4.94. The first-order valence-corrected chi connectivity index (χ1v) is 9.19. The molecule has 2 nitrogen and oxygen atoms in total. The molecule has 112 valence electrons. The van der Waals surface area contributed by atoms with Gasteiger partial charge in [-0.15, -0.1) is 27.7 Å². The van der Waals surface area contributed by atoms with Crippen molar-refractivity contribution < 1.29 is 4.42 Å². The summed E-state index contributed by atoms with van der Waals surface area (Å²) in [4.78, 5) is 12.4. The first-order chi connectivity index (χ1) is 10.6. The number of fused-ring (bicyclic) bond motifs is 1. The van der Waals surface area contributed by atoms with E-state index in [4.69, 9.17) is 4.42 Å². The Kier molecular flexibility index (Phi) is 4.74. The molecule has 0 amide bonds. The van der Waals surface area contributed by atoms with Crippen molar-refractivity contribution in [2.45, 2.75) is 12.3 Å². The maximum absolute atomic E-state index is 12.4. The Balaban J connectivity index is 2.27. The van der Waals surface area contributed by atoms with Crippen LogP contribution in [0.3, 0.4) is 0 Å². The summed E-state index contributed by atoms with van der Waals surface area (Å²) in [6.07, 6.45) is 1.64.